The van der Waals surface area contributed by atoms with Gasteiger partial charge in [-0.1, -0.05) is 60.3 Å². The Kier molecular flexibility index (Phi) is 6.91. The molecule has 2 N–H and O–H groups in total. The number of hydrogen-bond acceptors (Lipinski definition) is 4. The van der Waals surface area contributed by atoms with Gasteiger partial charge in [0.25, 0.3) is 0 Å². The SMILES string of the molecule is Cc1ccc(C)c(NC(=O)CC2SC(=Nc3ccccc3)N(CCc3c[nH]c4ccccc34)C2=O)c1. The second-order valence-electron chi connectivity index (χ2n) is 9.01. The van der Waals surface area contributed by atoms with Crippen molar-refractivity contribution in [3.63, 3.8) is 0 Å². The zero-order valence-corrected chi connectivity index (χ0v) is 21.1. The van der Waals surface area contributed by atoms with E-state index >= 15 is 0 Å². The van der Waals surface area contributed by atoms with Gasteiger partial charge in [-0.3, -0.25) is 14.5 Å². The molecule has 1 aliphatic heterocycles. The van der Waals surface area contributed by atoms with Crippen LogP contribution in [0.3, 0.4) is 0 Å². The average molecular weight is 497 g/mol. The minimum Gasteiger partial charge on any atom is -0.361 e. The number of amidine groups is 1. The highest BCUT2D eigenvalue weighted by Crippen LogP contribution is 2.32. The molecule has 1 atom stereocenters. The van der Waals surface area contributed by atoms with Gasteiger partial charge in [0.2, 0.25) is 11.8 Å². The van der Waals surface area contributed by atoms with Crippen LogP contribution in [-0.4, -0.2) is 38.7 Å². The third kappa shape index (κ3) is 5.21. The van der Waals surface area contributed by atoms with Crippen LogP contribution in [-0.2, 0) is 16.0 Å². The zero-order chi connectivity index (χ0) is 25.1. The summed E-state index contributed by atoms with van der Waals surface area (Å²) in [6, 6.07) is 23.7. The summed E-state index contributed by atoms with van der Waals surface area (Å²) in [6.45, 7) is 4.44. The number of rotatable bonds is 7. The molecule has 36 heavy (non-hydrogen) atoms. The number of anilines is 1. The number of para-hydroxylation sites is 2. The number of H-pyrrole nitrogens is 1. The van der Waals surface area contributed by atoms with E-state index in [1.54, 1.807) is 4.90 Å². The van der Waals surface area contributed by atoms with Crippen LogP contribution in [0.1, 0.15) is 23.1 Å². The summed E-state index contributed by atoms with van der Waals surface area (Å²) in [5.74, 6) is -0.252. The second-order valence-corrected chi connectivity index (χ2v) is 10.2. The quantitative estimate of drug-likeness (QED) is 0.330. The molecule has 0 bridgehead atoms. The van der Waals surface area contributed by atoms with Crippen LogP contribution < -0.4 is 5.32 Å². The summed E-state index contributed by atoms with van der Waals surface area (Å²) in [4.78, 5) is 36.2. The maximum absolute atomic E-state index is 13.5. The molecule has 0 saturated carbocycles. The molecule has 1 aliphatic rings. The van der Waals surface area contributed by atoms with E-state index in [0.717, 1.165) is 39.0 Å². The normalized spacial score (nSPS) is 16.7. The second kappa shape index (κ2) is 10.4. The highest BCUT2D eigenvalue weighted by Gasteiger charge is 2.39. The van der Waals surface area contributed by atoms with Crippen molar-refractivity contribution in [2.75, 3.05) is 11.9 Å². The van der Waals surface area contributed by atoms with Crippen LogP contribution in [0.25, 0.3) is 10.9 Å². The summed E-state index contributed by atoms with van der Waals surface area (Å²) >= 11 is 1.37. The van der Waals surface area contributed by atoms with Gasteiger partial charge in [-0.25, -0.2) is 4.99 Å². The molecule has 5 rings (SSSR count). The fraction of sp³-hybridized carbons (Fsp3) is 0.207. The highest BCUT2D eigenvalue weighted by molar-refractivity contribution is 8.15. The van der Waals surface area contributed by atoms with E-state index in [1.165, 1.54) is 11.8 Å². The van der Waals surface area contributed by atoms with Crippen LogP contribution >= 0.6 is 11.8 Å². The number of aromatic nitrogens is 1. The molecule has 3 aromatic carbocycles. The first-order valence-corrected chi connectivity index (χ1v) is 12.9. The van der Waals surface area contributed by atoms with Crippen molar-refractivity contribution in [3.05, 3.63) is 95.7 Å². The number of benzene rings is 3. The van der Waals surface area contributed by atoms with Crippen LogP contribution in [0.15, 0.2) is 84.0 Å². The first-order chi connectivity index (χ1) is 17.5. The molecule has 2 heterocycles. The monoisotopic (exact) mass is 496 g/mol. The molecule has 7 heteroatoms. The molecular formula is C29H28N4O2S. The van der Waals surface area contributed by atoms with E-state index < -0.39 is 5.25 Å². The first kappa shape index (κ1) is 23.9. The summed E-state index contributed by atoms with van der Waals surface area (Å²) in [5.41, 5.74) is 5.86. The Morgan fingerprint density at radius 3 is 2.67 bits per heavy atom. The van der Waals surface area contributed by atoms with Gasteiger partial charge in [0.15, 0.2) is 5.17 Å². The molecule has 0 radical (unpaired) electrons. The Morgan fingerprint density at radius 2 is 1.83 bits per heavy atom. The summed E-state index contributed by atoms with van der Waals surface area (Å²) in [7, 11) is 0. The van der Waals surface area contributed by atoms with E-state index in [4.69, 9.17) is 4.99 Å². The summed E-state index contributed by atoms with van der Waals surface area (Å²) in [5, 5.41) is 4.26. The molecule has 1 fully saturated rings. The summed E-state index contributed by atoms with van der Waals surface area (Å²) < 4.78 is 0. The van der Waals surface area contributed by atoms with E-state index in [9.17, 15) is 9.59 Å². The van der Waals surface area contributed by atoms with Gasteiger partial charge >= 0.3 is 0 Å². The summed E-state index contributed by atoms with van der Waals surface area (Å²) in [6.07, 6.45) is 2.78. The van der Waals surface area contributed by atoms with Crippen molar-refractivity contribution in [2.45, 2.75) is 31.9 Å². The Bertz CT molecular complexity index is 1440. The molecule has 0 spiro atoms. The number of nitrogens with zero attached hydrogens (tertiary/aromatic N) is 2. The molecule has 4 aromatic rings. The Balaban J connectivity index is 1.34. The smallest absolute Gasteiger partial charge is 0.242 e. The number of nitrogens with one attached hydrogen (secondary N) is 2. The molecule has 1 saturated heterocycles. The Labute approximate surface area is 214 Å². The lowest BCUT2D eigenvalue weighted by Gasteiger charge is -2.16. The lowest BCUT2D eigenvalue weighted by molar-refractivity contribution is -0.128. The lowest BCUT2D eigenvalue weighted by atomic mass is 10.1. The number of fused-ring (bicyclic) bond motifs is 1. The average Bonchev–Trinajstić information content (AvgIpc) is 3.41. The third-order valence-corrected chi connectivity index (χ3v) is 7.49. The van der Waals surface area contributed by atoms with Gasteiger partial charge in [-0.2, -0.15) is 0 Å². The maximum Gasteiger partial charge on any atom is 0.242 e. The van der Waals surface area contributed by atoms with Crippen LogP contribution in [0.2, 0.25) is 0 Å². The van der Waals surface area contributed by atoms with Crippen molar-refractivity contribution >= 4 is 51.0 Å². The van der Waals surface area contributed by atoms with Gasteiger partial charge in [-0.05, 0) is 61.2 Å². The predicted octanol–water partition coefficient (Wildman–Crippen LogP) is 5.99. The van der Waals surface area contributed by atoms with Gasteiger partial charge < -0.3 is 10.3 Å². The van der Waals surface area contributed by atoms with Crippen LogP contribution in [0.4, 0.5) is 11.4 Å². The number of carbonyl (C=O) groups is 2. The Morgan fingerprint density at radius 1 is 1.06 bits per heavy atom. The maximum atomic E-state index is 13.5. The fourth-order valence-electron chi connectivity index (χ4n) is 4.35. The van der Waals surface area contributed by atoms with Gasteiger partial charge in [0, 0.05) is 35.8 Å². The number of aliphatic imine (C=N–C) groups is 1. The highest BCUT2D eigenvalue weighted by atomic mass is 32.2. The molecule has 0 aliphatic carbocycles. The lowest BCUT2D eigenvalue weighted by Crippen LogP contribution is -2.35. The molecule has 6 nitrogen and oxygen atoms in total. The number of aryl methyl sites for hydroxylation is 2. The topological polar surface area (TPSA) is 77.6 Å². The van der Waals surface area contributed by atoms with Crippen molar-refractivity contribution in [3.8, 4) is 0 Å². The number of amides is 2. The zero-order valence-electron chi connectivity index (χ0n) is 20.3. The van der Waals surface area contributed by atoms with Crippen molar-refractivity contribution in [1.29, 1.82) is 0 Å². The number of hydrogen-bond donors (Lipinski definition) is 2. The van der Waals surface area contributed by atoms with Crippen LogP contribution in [0, 0.1) is 13.8 Å². The molecule has 2 amide bonds. The van der Waals surface area contributed by atoms with E-state index in [-0.39, 0.29) is 18.2 Å². The van der Waals surface area contributed by atoms with E-state index in [2.05, 4.69) is 16.4 Å². The van der Waals surface area contributed by atoms with Crippen molar-refractivity contribution in [1.82, 2.24) is 9.88 Å². The number of carbonyl (C=O) groups excluding carboxylic acids is 2. The van der Waals surface area contributed by atoms with E-state index in [0.29, 0.717) is 18.1 Å². The number of aromatic amines is 1. The van der Waals surface area contributed by atoms with E-state index in [1.807, 2.05) is 86.8 Å². The predicted molar refractivity (Wildman–Crippen MR) is 148 cm³/mol. The van der Waals surface area contributed by atoms with Crippen molar-refractivity contribution < 1.29 is 9.59 Å². The van der Waals surface area contributed by atoms with Crippen molar-refractivity contribution in [2.24, 2.45) is 4.99 Å². The Hall–Kier alpha value is -3.84. The standard InChI is InChI=1S/C29H28N4O2S/c1-19-12-13-20(2)25(16-19)32-27(34)17-26-28(35)33(29(36-26)31-22-8-4-3-5-9-22)15-14-21-18-30-24-11-7-6-10-23(21)24/h3-13,16,18,26,30H,14-15,17H2,1-2H3,(H,32,34). The van der Waals surface area contributed by atoms with Gasteiger partial charge in [-0.15, -0.1) is 0 Å². The molecule has 182 valence electrons. The van der Waals surface area contributed by atoms with Gasteiger partial charge in [0.1, 0.15) is 5.25 Å². The van der Waals surface area contributed by atoms with Gasteiger partial charge in [0.05, 0.1) is 5.69 Å². The largest absolute Gasteiger partial charge is 0.361 e. The van der Waals surface area contributed by atoms with Crippen LogP contribution in [0.5, 0.6) is 0 Å². The third-order valence-electron chi connectivity index (χ3n) is 6.32. The molecule has 1 unspecified atom stereocenters. The minimum atomic E-state index is -0.513. The minimum absolute atomic E-state index is 0.0781. The number of thioether (sulfide) groups is 1. The fourth-order valence-corrected chi connectivity index (χ4v) is 5.54. The molecule has 1 aromatic heterocycles. The first-order valence-electron chi connectivity index (χ1n) is 12.0. The molecular weight excluding hydrogens is 468 g/mol.